The third-order valence-electron chi connectivity index (χ3n) is 2.83. The fraction of sp³-hybridized carbons (Fsp3) is 0.0833. The lowest BCUT2D eigenvalue weighted by molar-refractivity contribution is 0.656. The SMILES string of the molecule is NC(=S)c1ncccc1Cn1nc2cnccn2c1=O. The van der Waals surface area contributed by atoms with Gasteiger partial charge in [0.25, 0.3) is 0 Å². The molecule has 0 atom stereocenters. The van der Waals surface area contributed by atoms with Gasteiger partial charge in [-0.05, 0) is 6.07 Å². The number of rotatable bonds is 3. The van der Waals surface area contributed by atoms with Gasteiger partial charge < -0.3 is 5.73 Å². The van der Waals surface area contributed by atoms with Crippen molar-refractivity contribution >= 4 is 22.9 Å². The van der Waals surface area contributed by atoms with Crippen LogP contribution < -0.4 is 11.4 Å². The first-order valence-electron chi connectivity index (χ1n) is 5.79. The molecule has 0 saturated heterocycles. The molecule has 0 unspecified atom stereocenters. The van der Waals surface area contributed by atoms with Crippen LogP contribution in [0.2, 0.25) is 0 Å². The van der Waals surface area contributed by atoms with Gasteiger partial charge in [-0.2, -0.15) is 0 Å². The monoisotopic (exact) mass is 286 g/mol. The predicted molar refractivity (Wildman–Crippen MR) is 76.5 cm³/mol. The number of pyridine rings is 1. The molecule has 0 aliphatic heterocycles. The van der Waals surface area contributed by atoms with Crippen LogP contribution in [-0.2, 0) is 6.54 Å². The average Bonchev–Trinajstić information content (AvgIpc) is 2.76. The van der Waals surface area contributed by atoms with Crippen LogP contribution in [0.4, 0.5) is 0 Å². The summed E-state index contributed by atoms with van der Waals surface area (Å²) >= 11 is 4.96. The average molecular weight is 286 g/mol. The van der Waals surface area contributed by atoms with E-state index in [4.69, 9.17) is 18.0 Å². The molecular weight excluding hydrogens is 276 g/mol. The first-order chi connectivity index (χ1) is 9.66. The minimum atomic E-state index is -0.250. The number of fused-ring (bicyclic) bond motifs is 1. The van der Waals surface area contributed by atoms with Gasteiger partial charge >= 0.3 is 5.69 Å². The fourth-order valence-electron chi connectivity index (χ4n) is 1.93. The molecule has 20 heavy (non-hydrogen) atoms. The van der Waals surface area contributed by atoms with Crippen LogP contribution in [0.15, 0.2) is 41.7 Å². The third-order valence-corrected chi connectivity index (χ3v) is 3.03. The number of hydrogen-bond donors (Lipinski definition) is 1. The van der Waals surface area contributed by atoms with Crippen molar-refractivity contribution in [2.75, 3.05) is 0 Å². The molecule has 2 N–H and O–H groups in total. The summed E-state index contributed by atoms with van der Waals surface area (Å²) in [4.78, 5) is 20.4. The Bertz CT molecular complexity index is 852. The highest BCUT2D eigenvalue weighted by Crippen LogP contribution is 2.06. The van der Waals surface area contributed by atoms with E-state index in [0.717, 1.165) is 5.56 Å². The van der Waals surface area contributed by atoms with E-state index in [-0.39, 0.29) is 17.2 Å². The summed E-state index contributed by atoms with van der Waals surface area (Å²) in [6, 6.07) is 3.58. The largest absolute Gasteiger partial charge is 0.388 e. The smallest absolute Gasteiger partial charge is 0.350 e. The van der Waals surface area contributed by atoms with E-state index < -0.39 is 0 Å². The molecule has 100 valence electrons. The maximum absolute atomic E-state index is 12.2. The number of nitrogens with two attached hydrogens (primary N) is 1. The number of hydrogen-bond acceptors (Lipinski definition) is 5. The molecule has 3 aromatic heterocycles. The molecule has 0 aliphatic carbocycles. The summed E-state index contributed by atoms with van der Waals surface area (Å²) < 4.78 is 2.75. The maximum atomic E-state index is 12.2. The number of nitrogens with zero attached hydrogens (tertiary/aromatic N) is 5. The number of aromatic nitrogens is 5. The van der Waals surface area contributed by atoms with Crippen molar-refractivity contribution in [1.82, 2.24) is 24.1 Å². The highest BCUT2D eigenvalue weighted by molar-refractivity contribution is 7.80. The first-order valence-corrected chi connectivity index (χ1v) is 6.20. The van der Waals surface area contributed by atoms with E-state index in [9.17, 15) is 4.79 Å². The van der Waals surface area contributed by atoms with E-state index in [1.54, 1.807) is 18.5 Å². The lowest BCUT2D eigenvalue weighted by atomic mass is 10.2. The molecule has 3 rings (SSSR count). The molecule has 7 nitrogen and oxygen atoms in total. The van der Waals surface area contributed by atoms with Crippen LogP contribution in [-0.4, -0.2) is 29.1 Å². The van der Waals surface area contributed by atoms with Crippen molar-refractivity contribution in [3.63, 3.8) is 0 Å². The minimum Gasteiger partial charge on any atom is -0.388 e. The van der Waals surface area contributed by atoms with Gasteiger partial charge in [0, 0.05) is 24.2 Å². The molecule has 0 spiro atoms. The molecule has 3 heterocycles. The van der Waals surface area contributed by atoms with E-state index in [2.05, 4.69) is 15.1 Å². The highest BCUT2D eigenvalue weighted by Gasteiger charge is 2.11. The van der Waals surface area contributed by atoms with Gasteiger partial charge in [-0.15, -0.1) is 5.10 Å². The summed E-state index contributed by atoms with van der Waals surface area (Å²) in [7, 11) is 0. The topological polar surface area (TPSA) is 91.1 Å². The van der Waals surface area contributed by atoms with Crippen molar-refractivity contribution < 1.29 is 0 Å². The molecule has 0 radical (unpaired) electrons. The fourth-order valence-corrected chi connectivity index (χ4v) is 2.12. The Balaban J connectivity index is 2.08. The van der Waals surface area contributed by atoms with Crippen molar-refractivity contribution in [2.24, 2.45) is 5.73 Å². The van der Waals surface area contributed by atoms with Crippen LogP contribution in [0.1, 0.15) is 11.3 Å². The quantitative estimate of drug-likeness (QED) is 0.680. The van der Waals surface area contributed by atoms with Crippen molar-refractivity contribution in [1.29, 1.82) is 0 Å². The molecule has 3 aromatic rings. The van der Waals surface area contributed by atoms with Crippen LogP contribution in [0.3, 0.4) is 0 Å². The summed E-state index contributed by atoms with van der Waals surface area (Å²) in [5, 5.41) is 4.20. The summed E-state index contributed by atoms with van der Waals surface area (Å²) in [5.74, 6) is 0. The molecule has 0 bridgehead atoms. The van der Waals surface area contributed by atoms with Crippen molar-refractivity contribution in [3.05, 3.63) is 58.7 Å². The Morgan fingerprint density at radius 2 is 2.25 bits per heavy atom. The van der Waals surface area contributed by atoms with E-state index in [0.29, 0.717) is 11.3 Å². The van der Waals surface area contributed by atoms with Gasteiger partial charge in [-0.25, -0.2) is 13.9 Å². The first kappa shape index (κ1) is 12.4. The Kier molecular flexibility index (Phi) is 2.99. The zero-order chi connectivity index (χ0) is 14.1. The van der Waals surface area contributed by atoms with Crippen LogP contribution in [0.25, 0.3) is 5.65 Å². The predicted octanol–water partition coefficient (Wildman–Crippen LogP) is -0.0315. The summed E-state index contributed by atoms with van der Waals surface area (Å²) in [5.41, 5.74) is 7.11. The third kappa shape index (κ3) is 2.05. The zero-order valence-corrected chi connectivity index (χ0v) is 11.1. The van der Waals surface area contributed by atoms with Gasteiger partial charge in [0.1, 0.15) is 10.7 Å². The van der Waals surface area contributed by atoms with Gasteiger partial charge in [0.15, 0.2) is 5.65 Å². The minimum absolute atomic E-state index is 0.194. The molecule has 0 aromatic carbocycles. The second kappa shape index (κ2) is 4.82. The van der Waals surface area contributed by atoms with E-state index in [1.807, 2.05) is 6.07 Å². The molecule has 0 fully saturated rings. The molecule has 0 amide bonds. The van der Waals surface area contributed by atoms with E-state index >= 15 is 0 Å². The molecule has 8 heteroatoms. The Morgan fingerprint density at radius 1 is 1.40 bits per heavy atom. The van der Waals surface area contributed by atoms with Crippen LogP contribution >= 0.6 is 12.2 Å². The van der Waals surface area contributed by atoms with Gasteiger partial charge in [-0.1, -0.05) is 18.3 Å². The van der Waals surface area contributed by atoms with Gasteiger partial charge in [0.05, 0.1) is 12.7 Å². The normalized spacial score (nSPS) is 10.8. The summed E-state index contributed by atoms with van der Waals surface area (Å²) in [6.07, 6.45) is 6.23. The second-order valence-electron chi connectivity index (χ2n) is 4.12. The lowest BCUT2D eigenvalue weighted by Gasteiger charge is -2.05. The zero-order valence-electron chi connectivity index (χ0n) is 10.3. The van der Waals surface area contributed by atoms with Crippen molar-refractivity contribution in [2.45, 2.75) is 6.54 Å². The van der Waals surface area contributed by atoms with Crippen LogP contribution in [0.5, 0.6) is 0 Å². The lowest BCUT2D eigenvalue weighted by Crippen LogP contribution is -2.23. The van der Waals surface area contributed by atoms with E-state index in [1.165, 1.54) is 21.5 Å². The second-order valence-corrected chi connectivity index (χ2v) is 4.56. The van der Waals surface area contributed by atoms with Gasteiger partial charge in [-0.3, -0.25) is 9.97 Å². The molecule has 0 aliphatic rings. The molecular formula is C12H10N6OS. The Morgan fingerprint density at radius 3 is 3.00 bits per heavy atom. The Labute approximate surface area is 118 Å². The maximum Gasteiger partial charge on any atom is 0.350 e. The van der Waals surface area contributed by atoms with Crippen molar-refractivity contribution in [3.8, 4) is 0 Å². The van der Waals surface area contributed by atoms with Gasteiger partial charge in [0.2, 0.25) is 0 Å². The standard InChI is InChI=1S/C12H10N6OS/c13-11(20)10-8(2-1-3-15-10)7-18-12(19)17-5-4-14-6-9(17)16-18/h1-6H,7H2,(H2,13,20). The summed E-state index contributed by atoms with van der Waals surface area (Å²) in [6.45, 7) is 0.251. The van der Waals surface area contributed by atoms with Crippen LogP contribution in [0, 0.1) is 0 Å². The Hall–Kier alpha value is -2.61. The highest BCUT2D eigenvalue weighted by atomic mass is 32.1. The number of thiocarbonyl (C=S) groups is 1. The molecule has 0 saturated carbocycles.